The van der Waals surface area contributed by atoms with Gasteiger partial charge < -0.3 is 14.9 Å². The molecule has 2 aliphatic heterocycles. The van der Waals surface area contributed by atoms with Crippen LogP contribution in [0.2, 0.25) is 0 Å². The molecule has 5 heteroatoms. The van der Waals surface area contributed by atoms with Gasteiger partial charge in [0.15, 0.2) is 0 Å². The van der Waals surface area contributed by atoms with Crippen LogP contribution in [0.1, 0.15) is 24.0 Å². The van der Waals surface area contributed by atoms with Gasteiger partial charge in [-0.2, -0.15) is 0 Å². The van der Waals surface area contributed by atoms with Crippen molar-refractivity contribution in [1.29, 1.82) is 0 Å². The predicted molar refractivity (Wildman–Crippen MR) is 131 cm³/mol. The summed E-state index contributed by atoms with van der Waals surface area (Å²) >= 11 is 0. The zero-order valence-corrected chi connectivity index (χ0v) is 18.6. The van der Waals surface area contributed by atoms with Gasteiger partial charge in [0.25, 0.3) is 0 Å². The van der Waals surface area contributed by atoms with Gasteiger partial charge in [0.2, 0.25) is 5.91 Å². The normalized spacial score (nSPS) is 17.6. The van der Waals surface area contributed by atoms with Gasteiger partial charge in [-0.3, -0.25) is 9.79 Å². The Bertz CT molecular complexity index is 1220. The van der Waals surface area contributed by atoms with Crippen LogP contribution in [0.4, 0.5) is 11.4 Å². The summed E-state index contributed by atoms with van der Waals surface area (Å²) in [7, 11) is 0. The lowest BCUT2D eigenvalue weighted by molar-refractivity contribution is -0.132. The first-order valence-electron chi connectivity index (χ1n) is 11.8. The zero-order valence-electron chi connectivity index (χ0n) is 18.6. The molecule has 1 saturated heterocycles. The van der Waals surface area contributed by atoms with Crippen molar-refractivity contribution in [3.63, 3.8) is 0 Å². The number of amides is 1. The average molecular weight is 438 g/mol. The molecule has 3 aliphatic rings. The summed E-state index contributed by atoms with van der Waals surface area (Å²) in [6.45, 7) is 3.43. The summed E-state index contributed by atoms with van der Waals surface area (Å²) < 4.78 is 0. The molecule has 0 bridgehead atoms. The van der Waals surface area contributed by atoms with Gasteiger partial charge in [-0.1, -0.05) is 30.3 Å². The van der Waals surface area contributed by atoms with E-state index < -0.39 is 0 Å². The molecule has 33 heavy (non-hydrogen) atoms. The lowest BCUT2D eigenvalue weighted by Gasteiger charge is -2.36. The molecular weight excluding hydrogens is 410 g/mol. The maximum atomic E-state index is 12.3. The van der Waals surface area contributed by atoms with E-state index in [-0.39, 0.29) is 5.75 Å². The Morgan fingerprint density at radius 1 is 0.818 bits per heavy atom. The number of aliphatic imine (C=N–C) groups is 1. The van der Waals surface area contributed by atoms with Crippen LogP contribution in [0.25, 0.3) is 11.1 Å². The second kappa shape index (κ2) is 8.07. The number of rotatable bonds is 4. The van der Waals surface area contributed by atoms with E-state index >= 15 is 0 Å². The number of phenols is 1. The quantitative estimate of drug-likeness (QED) is 0.638. The molecule has 1 aliphatic carbocycles. The van der Waals surface area contributed by atoms with Crippen LogP contribution in [-0.2, 0) is 11.2 Å². The lowest BCUT2D eigenvalue weighted by Crippen LogP contribution is -2.49. The van der Waals surface area contributed by atoms with E-state index in [0.717, 1.165) is 73.5 Å². The molecule has 0 radical (unpaired) electrons. The Morgan fingerprint density at radius 2 is 1.48 bits per heavy atom. The molecule has 3 aromatic carbocycles. The molecule has 2 fully saturated rings. The molecule has 3 aromatic rings. The summed E-state index contributed by atoms with van der Waals surface area (Å²) in [5, 5.41) is 9.54. The van der Waals surface area contributed by atoms with Crippen molar-refractivity contribution in [1.82, 2.24) is 4.90 Å². The van der Waals surface area contributed by atoms with Gasteiger partial charge in [0.1, 0.15) is 5.75 Å². The van der Waals surface area contributed by atoms with E-state index in [1.165, 1.54) is 11.3 Å². The largest absolute Gasteiger partial charge is 0.508 e. The fourth-order valence-corrected chi connectivity index (χ4v) is 4.84. The van der Waals surface area contributed by atoms with Gasteiger partial charge in [0.05, 0.1) is 11.4 Å². The third-order valence-corrected chi connectivity index (χ3v) is 6.98. The van der Waals surface area contributed by atoms with Crippen LogP contribution >= 0.6 is 0 Å². The zero-order chi connectivity index (χ0) is 22.4. The highest BCUT2D eigenvalue weighted by molar-refractivity contribution is 6.07. The monoisotopic (exact) mass is 437 g/mol. The number of fused-ring (bicyclic) bond motifs is 1. The molecule has 2 heterocycles. The van der Waals surface area contributed by atoms with Crippen LogP contribution in [0.15, 0.2) is 71.7 Å². The second-order valence-electron chi connectivity index (χ2n) is 9.26. The third kappa shape index (κ3) is 3.99. The van der Waals surface area contributed by atoms with E-state index in [2.05, 4.69) is 47.4 Å². The Balaban J connectivity index is 1.12. The maximum absolute atomic E-state index is 12.3. The molecule has 1 saturated carbocycles. The van der Waals surface area contributed by atoms with Crippen LogP contribution in [-0.4, -0.2) is 47.8 Å². The number of anilines is 1. The van der Waals surface area contributed by atoms with Crippen molar-refractivity contribution in [3.8, 4) is 16.9 Å². The van der Waals surface area contributed by atoms with Crippen molar-refractivity contribution in [2.24, 2.45) is 10.9 Å². The highest BCUT2D eigenvalue weighted by Gasteiger charge is 2.34. The summed E-state index contributed by atoms with van der Waals surface area (Å²) in [6, 6.07) is 22.4. The Kier molecular flexibility index (Phi) is 4.90. The van der Waals surface area contributed by atoms with Gasteiger partial charge in [0, 0.05) is 44.2 Å². The summed E-state index contributed by atoms with van der Waals surface area (Å²) in [6.07, 6.45) is 2.97. The van der Waals surface area contributed by atoms with Crippen LogP contribution in [0.5, 0.6) is 5.75 Å². The van der Waals surface area contributed by atoms with Gasteiger partial charge >= 0.3 is 0 Å². The molecule has 0 aromatic heterocycles. The molecule has 1 N–H and O–H groups in total. The first-order chi connectivity index (χ1) is 16.1. The van der Waals surface area contributed by atoms with E-state index in [9.17, 15) is 9.90 Å². The van der Waals surface area contributed by atoms with Crippen molar-refractivity contribution < 1.29 is 9.90 Å². The minimum atomic E-state index is 0.280. The lowest BCUT2D eigenvalue weighted by atomic mass is 9.99. The Labute approximate surface area is 194 Å². The number of hydrogen-bond acceptors (Lipinski definition) is 4. The highest BCUT2D eigenvalue weighted by atomic mass is 16.3. The van der Waals surface area contributed by atoms with Crippen molar-refractivity contribution >= 4 is 23.0 Å². The van der Waals surface area contributed by atoms with Gasteiger partial charge in [-0.05, 0) is 71.5 Å². The van der Waals surface area contributed by atoms with Crippen molar-refractivity contribution in [2.75, 3.05) is 31.1 Å². The summed E-state index contributed by atoms with van der Waals surface area (Å²) in [4.78, 5) is 21.6. The van der Waals surface area contributed by atoms with Crippen molar-refractivity contribution in [2.45, 2.75) is 19.3 Å². The summed E-state index contributed by atoms with van der Waals surface area (Å²) in [5.74, 6) is 0.948. The minimum absolute atomic E-state index is 0.280. The second-order valence-corrected chi connectivity index (χ2v) is 9.26. The number of nitrogens with zero attached hydrogens (tertiary/aromatic N) is 3. The maximum Gasteiger partial charge on any atom is 0.225 e. The molecule has 0 unspecified atom stereocenters. The van der Waals surface area contributed by atoms with E-state index in [0.29, 0.717) is 11.8 Å². The van der Waals surface area contributed by atoms with Crippen molar-refractivity contribution in [3.05, 3.63) is 77.9 Å². The third-order valence-electron chi connectivity index (χ3n) is 6.98. The standard InChI is InChI=1S/C28H27N3O2/c32-25-10-5-19(6-11-25)22-7-12-26-23(17-22)18-27(29-26)20-3-8-24(9-4-20)30-13-15-31(16-14-30)28(33)21-1-2-21/h3-12,17,21,32H,1-2,13-16,18H2. The molecule has 0 atom stereocenters. The number of benzene rings is 3. The van der Waals surface area contributed by atoms with E-state index in [4.69, 9.17) is 4.99 Å². The molecule has 6 rings (SSSR count). The number of carbonyl (C=O) groups excluding carboxylic acids is 1. The number of hydrogen-bond donors (Lipinski definition) is 1. The SMILES string of the molecule is O=C(C1CC1)N1CCN(c2ccc(C3=Nc4ccc(-c5ccc(O)cc5)cc4C3)cc2)CC1. The number of piperazine rings is 1. The fourth-order valence-electron chi connectivity index (χ4n) is 4.84. The minimum Gasteiger partial charge on any atom is -0.508 e. The molecule has 1 amide bonds. The van der Waals surface area contributed by atoms with Crippen LogP contribution in [0.3, 0.4) is 0 Å². The molecule has 0 spiro atoms. The van der Waals surface area contributed by atoms with Gasteiger partial charge in [-0.15, -0.1) is 0 Å². The van der Waals surface area contributed by atoms with Crippen LogP contribution in [0, 0.1) is 5.92 Å². The molecule has 5 nitrogen and oxygen atoms in total. The van der Waals surface area contributed by atoms with E-state index in [1.807, 2.05) is 17.0 Å². The highest BCUT2D eigenvalue weighted by Crippen LogP contribution is 2.34. The summed E-state index contributed by atoms with van der Waals surface area (Å²) in [5.41, 5.74) is 7.96. The van der Waals surface area contributed by atoms with E-state index in [1.54, 1.807) is 12.1 Å². The van der Waals surface area contributed by atoms with Crippen LogP contribution < -0.4 is 4.90 Å². The topological polar surface area (TPSA) is 56.1 Å². The van der Waals surface area contributed by atoms with Gasteiger partial charge in [-0.25, -0.2) is 0 Å². The first kappa shape index (κ1) is 20.0. The smallest absolute Gasteiger partial charge is 0.225 e. The average Bonchev–Trinajstić information content (AvgIpc) is 3.62. The Morgan fingerprint density at radius 3 is 2.18 bits per heavy atom. The predicted octanol–water partition coefficient (Wildman–Crippen LogP) is 4.79. The molecule has 166 valence electrons. The fraction of sp³-hybridized carbons (Fsp3) is 0.286. The first-order valence-corrected chi connectivity index (χ1v) is 11.8. The Hall–Kier alpha value is -3.60. The number of carbonyl (C=O) groups is 1. The number of phenolic OH excluding ortho intramolecular Hbond substituents is 1. The number of aromatic hydroxyl groups is 1. The molecular formula is C28H27N3O2.